The van der Waals surface area contributed by atoms with Crippen LogP contribution in [-0.2, 0) is 19.4 Å². The average molecular weight is 526 g/mol. The van der Waals surface area contributed by atoms with Gasteiger partial charge in [0.25, 0.3) is 0 Å². The van der Waals surface area contributed by atoms with Crippen LogP contribution in [0.5, 0.6) is 0 Å². The highest BCUT2D eigenvalue weighted by molar-refractivity contribution is 7.98. The van der Waals surface area contributed by atoms with Gasteiger partial charge in [0.15, 0.2) is 9.84 Å². The first-order chi connectivity index (χ1) is 16.4. The molecule has 0 radical (unpaired) electrons. The highest BCUT2D eigenvalue weighted by atomic mass is 32.2. The fourth-order valence-electron chi connectivity index (χ4n) is 4.03. The number of thioether (sulfide) groups is 1. The summed E-state index contributed by atoms with van der Waals surface area (Å²) in [4.78, 5) is 28.6. The number of hydrogen-bond donors (Lipinski definition) is 2. The molecule has 1 aromatic rings. The lowest BCUT2D eigenvalue weighted by molar-refractivity contribution is -0.124. The van der Waals surface area contributed by atoms with Crippen molar-refractivity contribution in [2.24, 2.45) is 11.0 Å². The van der Waals surface area contributed by atoms with Gasteiger partial charge in [-0.25, -0.2) is 13.2 Å². The fourth-order valence-corrected chi connectivity index (χ4v) is 6.20. The van der Waals surface area contributed by atoms with Gasteiger partial charge in [-0.15, -0.1) is 0 Å². The summed E-state index contributed by atoms with van der Waals surface area (Å²) in [6, 6.07) is 6.55. The van der Waals surface area contributed by atoms with Gasteiger partial charge in [-0.05, 0) is 82.0 Å². The molecule has 0 bridgehead atoms. The Bertz CT molecular complexity index is 1010. The number of nitrogens with zero attached hydrogens (tertiary/aromatic N) is 3. The third kappa shape index (κ3) is 9.62. The van der Waals surface area contributed by atoms with Crippen LogP contribution in [0.25, 0.3) is 10.4 Å². The van der Waals surface area contributed by atoms with Gasteiger partial charge in [-0.3, -0.25) is 4.79 Å². The van der Waals surface area contributed by atoms with Gasteiger partial charge in [0.1, 0.15) is 11.6 Å². The number of hydrogen-bond acceptors (Lipinski definition) is 7. The summed E-state index contributed by atoms with van der Waals surface area (Å²) in [5.41, 5.74) is 8.16. The van der Waals surface area contributed by atoms with Gasteiger partial charge >= 0.3 is 6.09 Å². The second kappa shape index (κ2) is 13.0. The summed E-state index contributed by atoms with van der Waals surface area (Å²) in [6.45, 7) is 5.22. The zero-order valence-corrected chi connectivity index (χ0v) is 22.3. The van der Waals surface area contributed by atoms with Gasteiger partial charge in [-0.2, -0.15) is 11.8 Å². The first kappa shape index (κ1) is 28.8. The van der Waals surface area contributed by atoms with Crippen LogP contribution in [-0.4, -0.2) is 61.9 Å². The predicted octanol–water partition coefficient (Wildman–Crippen LogP) is 4.07. The maximum atomic E-state index is 13.2. The minimum atomic E-state index is -3.62. The number of alkyl carbamates (subject to hydrolysis) is 1. The Labute approximate surface area is 211 Å². The molecule has 35 heavy (non-hydrogen) atoms. The van der Waals surface area contributed by atoms with Gasteiger partial charge < -0.3 is 15.4 Å². The van der Waals surface area contributed by atoms with Crippen LogP contribution in [0, 0.1) is 5.92 Å². The molecule has 12 heteroatoms. The predicted molar refractivity (Wildman–Crippen MR) is 137 cm³/mol. The molecular formula is C23H35N5O5S2. The summed E-state index contributed by atoms with van der Waals surface area (Å²) >= 11 is 1.55. The first-order valence-electron chi connectivity index (χ1n) is 11.6. The first-order valence-corrected chi connectivity index (χ1v) is 14.6. The molecule has 1 aliphatic rings. The van der Waals surface area contributed by atoms with E-state index < -0.39 is 39.5 Å². The van der Waals surface area contributed by atoms with Crippen LogP contribution in [0.3, 0.4) is 0 Å². The van der Waals surface area contributed by atoms with E-state index in [0.29, 0.717) is 31.4 Å². The summed E-state index contributed by atoms with van der Waals surface area (Å²) < 4.78 is 31.4. The molecule has 0 spiro atoms. The van der Waals surface area contributed by atoms with E-state index >= 15 is 0 Å². The Hall–Kier alpha value is -2.43. The van der Waals surface area contributed by atoms with E-state index in [-0.39, 0.29) is 22.6 Å². The van der Waals surface area contributed by atoms with Crippen molar-refractivity contribution >= 4 is 33.6 Å². The smallest absolute Gasteiger partial charge is 0.408 e. The third-order valence-corrected chi connectivity index (χ3v) is 8.15. The normalized spacial score (nSPS) is 21.3. The van der Waals surface area contributed by atoms with E-state index in [1.165, 1.54) is 0 Å². The molecule has 0 unspecified atom stereocenters. The molecule has 4 atom stereocenters. The Morgan fingerprint density at radius 1 is 1.26 bits per heavy atom. The Morgan fingerprint density at radius 3 is 2.54 bits per heavy atom. The second-order valence-electron chi connectivity index (χ2n) is 9.62. The topological polar surface area (TPSA) is 150 Å². The van der Waals surface area contributed by atoms with Crippen molar-refractivity contribution in [2.45, 2.75) is 75.1 Å². The number of rotatable bonds is 10. The summed E-state index contributed by atoms with van der Waals surface area (Å²) in [5, 5.41) is 9.41. The van der Waals surface area contributed by atoms with Crippen molar-refractivity contribution in [3.8, 4) is 0 Å². The minimum Gasteiger partial charge on any atom is -0.444 e. The number of carbonyl (C=O) groups excluding carboxylic acids is 2. The van der Waals surface area contributed by atoms with Crippen LogP contribution in [0.4, 0.5) is 4.79 Å². The Balaban J connectivity index is 2.19. The average Bonchev–Trinajstić information content (AvgIpc) is 2.77. The molecule has 1 saturated carbocycles. The molecule has 2 rings (SSSR count). The lowest BCUT2D eigenvalue weighted by Crippen LogP contribution is -2.54. The van der Waals surface area contributed by atoms with Gasteiger partial charge in [0.05, 0.1) is 10.6 Å². The third-order valence-electron chi connectivity index (χ3n) is 5.65. The van der Waals surface area contributed by atoms with Crippen molar-refractivity contribution in [1.29, 1.82) is 0 Å². The van der Waals surface area contributed by atoms with Crippen molar-refractivity contribution < 1.29 is 22.7 Å². The molecule has 194 valence electrons. The molecule has 1 aliphatic carbocycles. The van der Waals surface area contributed by atoms with Crippen molar-refractivity contribution in [1.82, 2.24) is 10.6 Å². The molecule has 0 heterocycles. The zero-order valence-electron chi connectivity index (χ0n) is 20.6. The van der Waals surface area contributed by atoms with Crippen molar-refractivity contribution in [3.63, 3.8) is 0 Å². The standard InChI is InChI=1S/C23H35N5O5S2/c1-23(2,3)33-22(30)26-20(12-13-34-4)21(29)25-19-11-10-17(27-28-24)14-16(19)15-35(31,32)18-8-6-5-7-9-18/h5-9,16-17,19-20H,10-15H2,1-4H3,(H,25,29)(H,26,30)/t16-,17+,19+,20+/m1/s1. The molecule has 0 saturated heterocycles. The lowest BCUT2D eigenvalue weighted by Gasteiger charge is -2.36. The van der Waals surface area contributed by atoms with E-state index in [9.17, 15) is 18.0 Å². The highest BCUT2D eigenvalue weighted by Gasteiger charge is 2.36. The maximum absolute atomic E-state index is 13.2. The molecule has 0 aliphatic heterocycles. The molecule has 0 aromatic heterocycles. The summed E-state index contributed by atoms with van der Waals surface area (Å²) in [5.74, 6) is -0.382. The van der Waals surface area contributed by atoms with Crippen LogP contribution < -0.4 is 10.6 Å². The lowest BCUT2D eigenvalue weighted by atomic mass is 9.82. The SMILES string of the molecule is CSCC[C@H](NC(=O)OC(C)(C)C)C(=O)N[C@H]1CC[C@H](N=[N+]=[N-])C[C@@H]1CS(=O)(=O)c1ccccc1. The second-order valence-corrected chi connectivity index (χ2v) is 12.6. The number of amides is 2. The van der Waals surface area contributed by atoms with E-state index in [1.54, 1.807) is 62.9 Å². The van der Waals surface area contributed by atoms with Crippen LogP contribution in [0.1, 0.15) is 46.5 Å². The number of benzene rings is 1. The molecule has 1 fully saturated rings. The molecule has 2 amide bonds. The molecular weight excluding hydrogens is 490 g/mol. The quantitative estimate of drug-likeness (QED) is 0.267. The highest BCUT2D eigenvalue weighted by Crippen LogP contribution is 2.30. The van der Waals surface area contributed by atoms with Gasteiger partial charge in [0, 0.05) is 17.0 Å². The summed E-state index contributed by atoms with van der Waals surface area (Å²) in [6.07, 6.45) is 2.96. The number of sulfone groups is 1. The minimum absolute atomic E-state index is 0.186. The maximum Gasteiger partial charge on any atom is 0.408 e. The monoisotopic (exact) mass is 525 g/mol. The van der Waals surface area contributed by atoms with Crippen LogP contribution in [0.15, 0.2) is 40.3 Å². The van der Waals surface area contributed by atoms with E-state index in [4.69, 9.17) is 10.3 Å². The van der Waals surface area contributed by atoms with Gasteiger partial charge in [-0.1, -0.05) is 23.3 Å². The molecule has 1 aromatic carbocycles. The zero-order chi connectivity index (χ0) is 26.1. The van der Waals surface area contributed by atoms with Crippen LogP contribution >= 0.6 is 11.8 Å². The fraction of sp³-hybridized carbons (Fsp3) is 0.652. The Kier molecular flexibility index (Phi) is 10.7. The van der Waals surface area contributed by atoms with Crippen molar-refractivity contribution in [2.75, 3.05) is 17.8 Å². The van der Waals surface area contributed by atoms with Crippen molar-refractivity contribution in [3.05, 3.63) is 40.8 Å². The summed E-state index contributed by atoms with van der Waals surface area (Å²) in [7, 11) is -3.62. The molecule has 10 nitrogen and oxygen atoms in total. The van der Waals surface area contributed by atoms with Gasteiger partial charge in [0.2, 0.25) is 5.91 Å². The van der Waals surface area contributed by atoms with E-state index in [1.807, 2.05) is 6.26 Å². The molecule has 2 N–H and O–H groups in total. The number of azide groups is 1. The van der Waals surface area contributed by atoms with E-state index in [0.717, 1.165) is 0 Å². The number of carbonyl (C=O) groups is 2. The number of ether oxygens (including phenoxy) is 1. The van der Waals surface area contributed by atoms with Crippen LogP contribution in [0.2, 0.25) is 0 Å². The van der Waals surface area contributed by atoms with E-state index in [2.05, 4.69) is 20.7 Å². The Morgan fingerprint density at radius 2 is 1.94 bits per heavy atom. The number of nitrogens with one attached hydrogen (secondary N) is 2. The largest absolute Gasteiger partial charge is 0.444 e.